The van der Waals surface area contributed by atoms with Gasteiger partial charge in [-0.25, -0.2) is 0 Å². The highest BCUT2D eigenvalue weighted by molar-refractivity contribution is 4.74. The van der Waals surface area contributed by atoms with Gasteiger partial charge in [-0.1, -0.05) is 0 Å². The van der Waals surface area contributed by atoms with Gasteiger partial charge < -0.3 is 28.4 Å². The first-order chi connectivity index (χ1) is 8.92. The molecule has 3 aliphatic rings. The fraction of sp³-hybridized carbons (Fsp3) is 1.00. The molecule has 0 aromatic rings. The summed E-state index contributed by atoms with van der Waals surface area (Å²) in [7, 11) is 0. The Kier molecular flexibility index (Phi) is 4.45. The molecule has 104 valence electrons. The van der Waals surface area contributed by atoms with Gasteiger partial charge in [-0.3, -0.25) is 0 Å². The van der Waals surface area contributed by atoms with Crippen molar-refractivity contribution in [2.75, 3.05) is 52.9 Å². The lowest BCUT2D eigenvalue weighted by Gasteiger charge is -2.30. The second-order valence-corrected chi connectivity index (χ2v) is 4.83. The molecule has 0 aromatic carbocycles. The second-order valence-electron chi connectivity index (χ2n) is 4.83. The zero-order chi connectivity index (χ0) is 12.2. The predicted molar refractivity (Wildman–Crippen MR) is 60.3 cm³/mol. The van der Waals surface area contributed by atoms with Gasteiger partial charge in [-0.2, -0.15) is 0 Å². The first kappa shape index (κ1) is 12.8. The molecule has 0 saturated carbocycles. The number of hydrogen-bond acceptors (Lipinski definition) is 6. The smallest absolute Gasteiger partial charge is 0.181 e. The third-order valence-electron chi connectivity index (χ3n) is 3.20. The molecule has 0 aromatic heterocycles. The van der Waals surface area contributed by atoms with E-state index in [0.29, 0.717) is 52.4 Å². The van der Waals surface area contributed by atoms with E-state index in [1.165, 1.54) is 0 Å². The summed E-state index contributed by atoms with van der Waals surface area (Å²) < 4.78 is 32.5. The van der Waals surface area contributed by atoms with Crippen LogP contribution in [0.25, 0.3) is 0 Å². The molecule has 3 saturated heterocycles. The fourth-order valence-corrected chi connectivity index (χ4v) is 1.92. The van der Waals surface area contributed by atoms with E-state index in [0.717, 1.165) is 6.61 Å². The molecule has 3 fully saturated rings. The van der Waals surface area contributed by atoms with Crippen molar-refractivity contribution < 1.29 is 28.4 Å². The normalized spacial score (nSPS) is 36.3. The molecule has 4 atom stereocenters. The quantitative estimate of drug-likeness (QED) is 0.564. The largest absolute Gasteiger partial charge is 0.378 e. The van der Waals surface area contributed by atoms with Gasteiger partial charge in [-0.05, 0) is 0 Å². The van der Waals surface area contributed by atoms with E-state index in [1.807, 2.05) is 0 Å². The summed E-state index contributed by atoms with van der Waals surface area (Å²) in [6, 6.07) is 0. The molecule has 4 unspecified atom stereocenters. The lowest BCUT2D eigenvalue weighted by Crippen LogP contribution is -2.39. The van der Waals surface area contributed by atoms with Crippen LogP contribution in [-0.4, -0.2) is 71.4 Å². The van der Waals surface area contributed by atoms with Gasteiger partial charge >= 0.3 is 0 Å². The lowest BCUT2D eigenvalue weighted by molar-refractivity contribution is -0.138. The minimum atomic E-state index is -0.0243. The molecule has 3 heterocycles. The summed E-state index contributed by atoms with van der Waals surface area (Å²) in [5.74, 6) is 0.188. The molecular weight excluding hydrogens is 240 g/mol. The van der Waals surface area contributed by atoms with Gasteiger partial charge in [0.05, 0.1) is 52.4 Å². The van der Waals surface area contributed by atoms with Crippen LogP contribution in [0.5, 0.6) is 0 Å². The van der Waals surface area contributed by atoms with Crippen molar-refractivity contribution in [2.24, 2.45) is 5.92 Å². The lowest BCUT2D eigenvalue weighted by atomic mass is 10.0. The Bertz CT molecular complexity index is 247. The molecule has 0 N–H and O–H groups in total. The summed E-state index contributed by atoms with van der Waals surface area (Å²) in [4.78, 5) is 0. The van der Waals surface area contributed by atoms with Crippen LogP contribution in [0, 0.1) is 5.92 Å². The monoisotopic (exact) mass is 260 g/mol. The van der Waals surface area contributed by atoms with Gasteiger partial charge in [-0.15, -0.1) is 0 Å². The molecule has 0 spiro atoms. The van der Waals surface area contributed by atoms with Gasteiger partial charge in [0.15, 0.2) is 6.29 Å². The van der Waals surface area contributed by atoms with Gasteiger partial charge in [0.1, 0.15) is 12.7 Å². The Balaban J connectivity index is 1.41. The maximum atomic E-state index is 5.71. The van der Waals surface area contributed by atoms with Crippen molar-refractivity contribution in [1.29, 1.82) is 0 Å². The Hall–Kier alpha value is -0.240. The first-order valence-electron chi connectivity index (χ1n) is 6.54. The van der Waals surface area contributed by atoms with Crippen LogP contribution in [0.4, 0.5) is 0 Å². The fourth-order valence-electron chi connectivity index (χ4n) is 1.92. The third-order valence-corrected chi connectivity index (χ3v) is 3.20. The standard InChI is InChI=1S/C12H20O6/c1-2-15-11(7-13-1)9(4-17-12-8-18-12)3-14-5-10-6-16-10/h9-12H,1-8H2. The van der Waals surface area contributed by atoms with Crippen LogP contribution in [0.3, 0.4) is 0 Å². The highest BCUT2D eigenvalue weighted by Crippen LogP contribution is 2.18. The molecule has 0 amide bonds. The third kappa shape index (κ3) is 4.15. The molecule has 0 bridgehead atoms. The summed E-state index contributed by atoms with van der Waals surface area (Å²) in [6.07, 6.45) is 0.322. The molecule has 18 heavy (non-hydrogen) atoms. The zero-order valence-electron chi connectivity index (χ0n) is 10.4. The van der Waals surface area contributed by atoms with Gasteiger partial charge in [0.25, 0.3) is 0 Å². The minimum Gasteiger partial charge on any atom is -0.378 e. The van der Waals surface area contributed by atoms with E-state index >= 15 is 0 Å². The summed E-state index contributed by atoms with van der Waals surface area (Å²) in [5, 5.41) is 0. The highest BCUT2D eigenvalue weighted by atomic mass is 16.8. The van der Waals surface area contributed by atoms with Crippen LogP contribution in [0.1, 0.15) is 0 Å². The molecule has 3 aliphatic heterocycles. The average molecular weight is 260 g/mol. The number of hydrogen-bond donors (Lipinski definition) is 0. The number of epoxide rings is 2. The molecule has 0 aliphatic carbocycles. The van der Waals surface area contributed by atoms with Crippen molar-refractivity contribution in [1.82, 2.24) is 0 Å². The predicted octanol–water partition coefficient (Wildman–Crippen LogP) is -0.194. The Morgan fingerprint density at radius 1 is 1.00 bits per heavy atom. The van der Waals surface area contributed by atoms with Gasteiger partial charge in [0.2, 0.25) is 0 Å². The van der Waals surface area contributed by atoms with E-state index < -0.39 is 0 Å². The molecule has 6 nitrogen and oxygen atoms in total. The maximum Gasteiger partial charge on any atom is 0.181 e. The van der Waals surface area contributed by atoms with Crippen LogP contribution in [0.2, 0.25) is 0 Å². The number of ether oxygens (including phenoxy) is 6. The van der Waals surface area contributed by atoms with Crippen LogP contribution in [-0.2, 0) is 28.4 Å². The summed E-state index contributed by atoms with van der Waals surface area (Å²) >= 11 is 0. The highest BCUT2D eigenvalue weighted by Gasteiger charge is 2.31. The molecule has 3 rings (SSSR count). The molecular formula is C12H20O6. The van der Waals surface area contributed by atoms with E-state index in [4.69, 9.17) is 28.4 Å². The zero-order valence-corrected chi connectivity index (χ0v) is 10.4. The van der Waals surface area contributed by atoms with E-state index in [9.17, 15) is 0 Å². The summed E-state index contributed by atoms with van der Waals surface area (Å²) in [6.45, 7) is 5.31. The van der Waals surface area contributed by atoms with Crippen molar-refractivity contribution in [3.8, 4) is 0 Å². The van der Waals surface area contributed by atoms with Crippen molar-refractivity contribution in [3.63, 3.8) is 0 Å². The minimum absolute atomic E-state index is 0.0243. The van der Waals surface area contributed by atoms with Crippen LogP contribution < -0.4 is 0 Å². The topological polar surface area (TPSA) is 62.0 Å². The van der Waals surface area contributed by atoms with E-state index in [2.05, 4.69) is 0 Å². The van der Waals surface area contributed by atoms with Gasteiger partial charge in [0, 0.05) is 5.92 Å². The Labute approximate surface area is 106 Å². The molecule has 0 radical (unpaired) electrons. The SMILES string of the molecule is C1COC(C(COCC2CO2)COC2CO2)CO1. The Morgan fingerprint density at radius 2 is 1.89 bits per heavy atom. The second kappa shape index (κ2) is 6.27. The van der Waals surface area contributed by atoms with Crippen molar-refractivity contribution in [3.05, 3.63) is 0 Å². The van der Waals surface area contributed by atoms with E-state index in [1.54, 1.807) is 0 Å². The van der Waals surface area contributed by atoms with Crippen molar-refractivity contribution in [2.45, 2.75) is 18.5 Å². The Morgan fingerprint density at radius 3 is 2.56 bits per heavy atom. The summed E-state index contributed by atoms with van der Waals surface area (Å²) in [5.41, 5.74) is 0. The van der Waals surface area contributed by atoms with Crippen molar-refractivity contribution >= 4 is 0 Å². The number of rotatable bonds is 8. The van der Waals surface area contributed by atoms with E-state index in [-0.39, 0.29) is 18.3 Å². The maximum absolute atomic E-state index is 5.71. The van der Waals surface area contributed by atoms with Crippen LogP contribution >= 0.6 is 0 Å². The average Bonchev–Trinajstić information content (AvgIpc) is 3.28. The first-order valence-corrected chi connectivity index (χ1v) is 6.54. The molecule has 6 heteroatoms. The van der Waals surface area contributed by atoms with Crippen LogP contribution in [0.15, 0.2) is 0 Å².